The fourth-order valence-electron chi connectivity index (χ4n) is 12.2. The first-order valence-corrected chi connectivity index (χ1v) is 17.6. The van der Waals surface area contributed by atoms with Gasteiger partial charge in [-0.1, -0.05) is 13.8 Å². The van der Waals surface area contributed by atoms with Gasteiger partial charge in [0.25, 0.3) is 0 Å². The van der Waals surface area contributed by atoms with Crippen LogP contribution >= 0.6 is 0 Å². The largest absolute Gasteiger partial charge is 0.461 e. The third-order valence-electron chi connectivity index (χ3n) is 14.2. The summed E-state index contributed by atoms with van der Waals surface area (Å²) in [5.74, 6) is 3.32. The number of nitrogens with zero attached hydrogens (tertiary/aromatic N) is 2. The standard InChI is InChI=1S/C35H57N2O5/c1-23(38)41-32-19-26-9-10-27-28(35(26,4)21-30(32)36-13-17-40-18-14-36)11-12-34(3)29(27)20-31(33(34)42-24(2)39)37(15-5-6-16-37)22-25-7-8-25/h25-33H,5-22H2,1-4H3/q+1/t26-,27?,28?,29?,30+,31-,32+,33+,34+,35+/m1/s1. The van der Waals surface area contributed by atoms with E-state index in [9.17, 15) is 9.59 Å². The molecule has 5 saturated carbocycles. The van der Waals surface area contributed by atoms with E-state index in [-0.39, 0.29) is 41.0 Å². The van der Waals surface area contributed by atoms with Crippen LogP contribution in [0.2, 0.25) is 0 Å². The summed E-state index contributed by atoms with van der Waals surface area (Å²) in [5, 5.41) is 0. The molecule has 0 aromatic heterocycles. The molecule has 7 rings (SSSR count). The molecule has 0 spiro atoms. The van der Waals surface area contributed by atoms with E-state index in [1.54, 1.807) is 13.8 Å². The molecule has 7 aliphatic rings. The molecule has 5 aliphatic carbocycles. The molecule has 0 N–H and O–H groups in total. The molecule has 0 aromatic rings. The lowest BCUT2D eigenvalue weighted by Crippen LogP contribution is -2.62. The summed E-state index contributed by atoms with van der Waals surface area (Å²) in [4.78, 5) is 27.4. The predicted molar refractivity (Wildman–Crippen MR) is 160 cm³/mol. The van der Waals surface area contributed by atoms with Crippen molar-refractivity contribution < 1.29 is 28.3 Å². The zero-order valence-electron chi connectivity index (χ0n) is 26.9. The fraction of sp³-hybridized carbons (Fsp3) is 0.943. The minimum Gasteiger partial charge on any atom is -0.461 e. The van der Waals surface area contributed by atoms with Gasteiger partial charge in [0.1, 0.15) is 12.1 Å². The first kappa shape index (κ1) is 29.5. The molecule has 2 saturated heterocycles. The lowest BCUT2D eigenvalue weighted by atomic mass is 9.44. The molecule has 7 heteroatoms. The maximum Gasteiger partial charge on any atom is 0.303 e. The molecular weight excluding hydrogens is 528 g/mol. The van der Waals surface area contributed by atoms with Crippen LogP contribution in [0.1, 0.15) is 98.3 Å². The summed E-state index contributed by atoms with van der Waals surface area (Å²) >= 11 is 0. The van der Waals surface area contributed by atoms with Crippen LogP contribution < -0.4 is 0 Å². The van der Waals surface area contributed by atoms with Gasteiger partial charge in [-0.05, 0) is 80.5 Å². The van der Waals surface area contributed by atoms with Gasteiger partial charge < -0.3 is 18.7 Å². The Morgan fingerprint density at radius 1 is 0.881 bits per heavy atom. The molecular formula is C35H57N2O5+. The Labute approximate surface area is 253 Å². The quantitative estimate of drug-likeness (QED) is 0.315. The molecule has 3 unspecified atom stereocenters. The van der Waals surface area contributed by atoms with Gasteiger partial charge in [0.15, 0.2) is 6.10 Å². The van der Waals surface area contributed by atoms with Crippen LogP contribution in [0.15, 0.2) is 0 Å². The van der Waals surface area contributed by atoms with Crippen molar-refractivity contribution in [3.05, 3.63) is 0 Å². The molecule has 42 heavy (non-hydrogen) atoms. The summed E-state index contributed by atoms with van der Waals surface area (Å²) in [6.07, 6.45) is 13.8. The van der Waals surface area contributed by atoms with Crippen LogP contribution in [0, 0.1) is 40.4 Å². The number of carbonyl (C=O) groups excluding carboxylic acids is 2. The molecule has 10 atom stereocenters. The van der Waals surface area contributed by atoms with Crippen LogP contribution in [-0.2, 0) is 23.8 Å². The monoisotopic (exact) mass is 585 g/mol. The molecule has 2 aliphatic heterocycles. The molecule has 236 valence electrons. The lowest BCUT2D eigenvalue weighted by molar-refractivity contribution is -0.944. The second-order valence-corrected chi connectivity index (χ2v) is 16.3. The van der Waals surface area contributed by atoms with Crippen molar-refractivity contribution in [1.82, 2.24) is 4.90 Å². The minimum absolute atomic E-state index is 0.00441. The normalized spacial score (nSPS) is 46.8. The lowest BCUT2D eigenvalue weighted by Gasteiger charge is -2.62. The SMILES string of the molecule is CC(=O)O[C@H]1C[C@H]2CCC3C4C[C@@H]([N+]5(CC6CC6)CCCC5)[C@H](OC(C)=O)[C@@]4(C)CCC3[C@@]2(C)C[C@@H]1N1CCOCC1. The summed E-state index contributed by atoms with van der Waals surface area (Å²) in [7, 11) is 0. The molecule has 0 bridgehead atoms. The van der Waals surface area contributed by atoms with Crippen molar-refractivity contribution in [2.45, 2.75) is 123 Å². The number of quaternary nitrogens is 1. The van der Waals surface area contributed by atoms with Gasteiger partial charge in [-0.2, -0.15) is 0 Å². The van der Waals surface area contributed by atoms with Gasteiger partial charge >= 0.3 is 11.9 Å². The zero-order valence-corrected chi connectivity index (χ0v) is 26.9. The highest BCUT2D eigenvalue weighted by atomic mass is 16.5. The van der Waals surface area contributed by atoms with Crippen LogP contribution in [0.4, 0.5) is 0 Å². The van der Waals surface area contributed by atoms with E-state index >= 15 is 0 Å². The van der Waals surface area contributed by atoms with E-state index in [1.807, 2.05) is 0 Å². The van der Waals surface area contributed by atoms with Gasteiger partial charge in [0.2, 0.25) is 0 Å². The Balaban J connectivity index is 1.18. The Hall–Kier alpha value is -1.18. The number of likely N-dealkylation sites (tertiary alicyclic amines) is 1. The molecule has 7 fully saturated rings. The van der Waals surface area contributed by atoms with Crippen LogP contribution in [-0.4, -0.2) is 91.6 Å². The average Bonchev–Trinajstić information content (AvgIpc) is 3.55. The van der Waals surface area contributed by atoms with Gasteiger partial charge in [-0.3, -0.25) is 14.5 Å². The Bertz CT molecular complexity index is 1030. The second kappa shape index (κ2) is 11.0. The number of esters is 2. The minimum atomic E-state index is -0.136. The van der Waals surface area contributed by atoms with Crippen molar-refractivity contribution in [2.75, 3.05) is 45.9 Å². The number of ether oxygens (including phenoxy) is 3. The van der Waals surface area contributed by atoms with E-state index in [2.05, 4.69) is 18.7 Å². The molecule has 0 aromatic carbocycles. The van der Waals surface area contributed by atoms with Crippen molar-refractivity contribution in [2.24, 2.45) is 40.4 Å². The Morgan fingerprint density at radius 3 is 2.26 bits per heavy atom. The van der Waals surface area contributed by atoms with E-state index in [1.165, 1.54) is 81.9 Å². The Morgan fingerprint density at radius 2 is 1.60 bits per heavy atom. The van der Waals surface area contributed by atoms with E-state index < -0.39 is 0 Å². The number of morpholine rings is 1. The summed E-state index contributed by atoms with van der Waals surface area (Å²) in [6.45, 7) is 15.7. The molecule has 2 heterocycles. The second-order valence-electron chi connectivity index (χ2n) is 16.3. The van der Waals surface area contributed by atoms with Crippen molar-refractivity contribution >= 4 is 11.9 Å². The van der Waals surface area contributed by atoms with Crippen molar-refractivity contribution in [1.29, 1.82) is 0 Å². The fourth-order valence-corrected chi connectivity index (χ4v) is 12.2. The van der Waals surface area contributed by atoms with Gasteiger partial charge in [0, 0.05) is 63.6 Å². The number of fused-ring (bicyclic) bond motifs is 5. The van der Waals surface area contributed by atoms with Crippen molar-refractivity contribution in [3.8, 4) is 0 Å². The number of carbonyl (C=O) groups is 2. The summed E-state index contributed by atoms with van der Waals surface area (Å²) in [5.41, 5.74) is 0.337. The number of hydrogen-bond donors (Lipinski definition) is 0. The van der Waals surface area contributed by atoms with Crippen LogP contribution in [0.5, 0.6) is 0 Å². The van der Waals surface area contributed by atoms with Crippen LogP contribution in [0.3, 0.4) is 0 Å². The first-order chi connectivity index (χ1) is 20.1. The van der Waals surface area contributed by atoms with Gasteiger partial charge in [0.05, 0.1) is 32.8 Å². The highest BCUT2D eigenvalue weighted by molar-refractivity contribution is 5.66. The van der Waals surface area contributed by atoms with Gasteiger partial charge in [-0.25, -0.2) is 0 Å². The third-order valence-corrected chi connectivity index (χ3v) is 14.2. The molecule has 7 nitrogen and oxygen atoms in total. The topological polar surface area (TPSA) is 65.1 Å². The smallest absolute Gasteiger partial charge is 0.303 e. The van der Waals surface area contributed by atoms with E-state index in [0.717, 1.165) is 45.1 Å². The first-order valence-electron chi connectivity index (χ1n) is 17.6. The molecule has 0 amide bonds. The summed E-state index contributed by atoms with van der Waals surface area (Å²) < 4.78 is 19.5. The maximum atomic E-state index is 12.7. The summed E-state index contributed by atoms with van der Waals surface area (Å²) in [6, 6.07) is 0.755. The highest BCUT2D eigenvalue weighted by Crippen LogP contribution is 2.68. The van der Waals surface area contributed by atoms with E-state index in [0.29, 0.717) is 29.7 Å². The highest BCUT2D eigenvalue weighted by Gasteiger charge is 2.68. The van der Waals surface area contributed by atoms with E-state index in [4.69, 9.17) is 14.2 Å². The molecule has 0 radical (unpaired) electrons. The predicted octanol–water partition coefficient (Wildman–Crippen LogP) is 5.20. The zero-order chi connectivity index (χ0) is 29.3. The average molecular weight is 586 g/mol. The van der Waals surface area contributed by atoms with Crippen molar-refractivity contribution in [3.63, 3.8) is 0 Å². The third kappa shape index (κ3) is 4.96. The number of rotatable bonds is 6. The van der Waals surface area contributed by atoms with Crippen LogP contribution in [0.25, 0.3) is 0 Å². The van der Waals surface area contributed by atoms with Gasteiger partial charge in [-0.15, -0.1) is 0 Å². The maximum absolute atomic E-state index is 12.7. The Kier molecular flexibility index (Phi) is 7.74. The number of hydrogen-bond acceptors (Lipinski definition) is 6.